The molecule has 4 unspecified atom stereocenters. The van der Waals surface area contributed by atoms with Crippen LogP contribution in [0.2, 0.25) is 0 Å². The summed E-state index contributed by atoms with van der Waals surface area (Å²) in [5.74, 6) is -1.37. The zero-order chi connectivity index (χ0) is 41.4. The van der Waals surface area contributed by atoms with Crippen molar-refractivity contribution in [3.8, 4) is 5.75 Å². The Morgan fingerprint density at radius 2 is 1.78 bits per heavy atom. The number of para-hydroxylation sites is 1. The number of carbonyl (C=O) groups is 3. The summed E-state index contributed by atoms with van der Waals surface area (Å²) in [4.78, 5) is 53.5. The van der Waals surface area contributed by atoms with Crippen molar-refractivity contribution in [2.75, 3.05) is 66.0 Å². The van der Waals surface area contributed by atoms with Gasteiger partial charge >= 0.3 is 17.9 Å². The number of rotatable bonds is 7. The third kappa shape index (κ3) is 4.73. The zero-order valence-electron chi connectivity index (χ0n) is 35.1. The lowest BCUT2D eigenvalue weighted by atomic mass is 9.47. The monoisotopic (exact) mass is 808 g/mol. The molecule has 4 fully saturated rings. The minimum atomic E-state index is -2.29. The molecule has 2 N–H and O–H groups in total. The van der Waals surface area contributed by atoms with E-state index in [1.165, 1.54) is 21.1 Å². The maximum Gasteiger partial charge on any atom is 0.344 e. The van der Waals surface area contributed by atoms with Crippen molar-refractivity contribution >= 4 is 34.5 Å². The molecule has 10 rings (SSSR count). The van der Waals surface area contributed by atoms with Gasteiger partial charge in [-0.2, -0.15) is 0 Å². The summed E-state index contributed by atoms with van der Waals surface area (Å²) in [5, 5.41) is 14.4. The van der Waals surface area contributed by atoms with Crippen LogP contribution < -0.4 is 9.64 Å². The molecular weight excluding hydrogens is 753 g/mol. The lowest BCUT2D eigenvalue weighted by molar-refractivity contribution is -0.228. The Morgan fingerprint density at radius 3 is 2.49 bits per heavy atom. The largest absolute Gasteiger partial charge is 0.496 e. The van der Waals surface area contributed by atoms with E-state index in [9.17, 15) is 14.7 Å². The maximum atomic E-state index is 15.4. The van der Waals surface area contributed by atoms with Crippen LogP contribution in [0.1, 0.15) is 68.8 Å². The van der Waals surface area contributed by atoms with E-state index in [2.05, 4.69) is 52.1 Å². The molecule has 1 saturated carbocycles. The highest BCUT2D eigenvalue weighted by atomic mass is 16.6. The second-order valence-electron chi connectivity index (χ2n) is 18.3. The number of benzene rings is 2. The fourth-order valence-corrected chi connectivity index (χ4v) is 13.9. The van der Waals surface area contributed by atoms with Crippen molar-refractivity contribution in [2.24, 2.45) is 11.3 Å². The van der Waals surface area contributed by atoms with E-state index in [0.717, 1.165) is 59.5 Å². The molecule has 1 aliphatic carbocycles. The van der Waals surface area contributed by atoms with Crippen molar-refractivity contribution < 1.29 is 43.2 Å². The summed E-state index contributed by atoms with van der Waals surface area (Å²) >= 11 is 0. The average molecular weight is 809 g/mol. The van der Waals surface area contributed by atoms with Crippen LogP contribution in [0.25, 0.3) is 10.9 Å². The van der Waals surface area contributed by atoms with Gasteiger partial charge < -0.3 is 38.7 Å². The first kappa shape index (κ1) is 38.8. The predicted molar refractivity (Wildman–Crippen MR) is 218 cm³/mol. The number of fused-ring (bicyclic) bond motifs is 8. The van der Waals surface area contributed by atoms with Gasteiger partial charge in [0.1, 0.15) is 16.8 Å². The number of aliphatic hydroxyl groups is 1. The quantitative estimate of drug-likeness (QED) is 0.154. The molecule has 7 heterocycles. The van der Waals surface area contributed by atoms with Gasteiger partial charge in [0.15, 0.2) is 6.10 Å². The second kappa shape index (κ2) is 13.0. The molecule has 7 aliphatic rings. The number of epoxide rings is 1. The highest BCUT2D eigenvalue weighted by molar-refractivity contribution is 5.95. The van der Waals surface area contributed by atoms with E-state index in [-0.39, 0.29) is 23.7 Å². The van der Waals surface area contributed by atoms with Crippen molar-refractivity contribution in [1.82, 2.24) is 14.8 Å². The molecule has 6 aliphatic heterocycles. The van der Waals surface area contributed by atoms with Crippen LogP contribution in [0.4, 0.5) is 5.69 Å². The Hall–Kier alpha value is -4.43. The first-order valence-corrected chi connectivity index (χ1v) is 21.3. The molecule has 314 valence electrons. The van der Waals surface area contributed by atoms with E-state index in [4.69, 9.17) is 23.7 Å². The normalized spacial score (nSPS) is 38.7. The van der Waals surface area contributed by atoms with Crippen LogP contribution in [0.15, 0.2) is 48.6 Å². The number of methoxy groups -OCH3 is 3. The lowest BCUT2D eigenvalue weighted by Gasteiger charge is -2.63. The van der Waals surface area contributed by atoms with E-state index in [0.29, 0.717) is 50.1 Å². The molecule has 3 aromatic rings. The summed E-state index contributed by atoms with van der Waals surface area (Å²) in [6.07, 6.45) is 5.94. The van der Waals surface area contributed by atoms with Crippen molar-refractivity contribution in [3.63, 3.8) is 0 Å². The number of ether oxygens (including phenoxy) is 5. The van der Waals surface area contributed by atoms with Gasteiger partial charge in [0.25, 0.3) is 0 Å². The minimum Gasteiger partial charge on any atom is -0.496 e. The maximum absolute atomic E-state index is 15.4. The Morgan fingerprint density at radius 1 is 1.00 bits per heavy atom. The topological polar surface area (TPSA) is 146 Å². The van der Waals surface area contributed by atoms with Crippen molar-refractivity contribution in [3.05, 3.63) is 70.9 Å². The van der Waals surface area contributed by atoms with Gasteiger partial charge in [-0.25, -0.2) is 4.79 Å². The van der Waals surface area contributed by atoms with Crippen LogP contribution in [0, 0.1) is 11.3 Å². The molecule has 11 atom stereocenters. The number of aromatic amines is 1. The molecule has 59 heavy (non-hydrogen) atoms. The van der Waals surface area contributed by atoms with Crippen molar-refractivity contribution in [1.29, 1.82) is 0 Å². The van der Waals surface area contributed by atoms with E-state index < -0.39 is 51.9 Å². The van der Waals surface area contributed by atoms with Crippen LogP contribution >= 0.6 is 0 Å². The molecule has 3 saturated heterocycles. The van der Waals surface area contributed by atoms with Gasteiger partial charge in [-0.1, -0.05) is 44.2 Å². The van der Waals surface area contributed by atoms with E-state index in [1.807, 2.05) is 37.1 Å². The molecule has 1 spiro atoms. The molecule has 1 aromatic heterocycles. The molecule has 13 nitrogen and oxygen atoms in total. The number of hydrogen-bond donors (Lipinski definition) is 2. The van der Waals surface area contributed by atoms with Gasteiger partial charge in [-0.15, -0.1) is 0 Å². The highest BCUT2D eigenvalue weighted by Crippen LogP contribution is 2.68. The van der Waals surface area contributed by atoms with Gasteiger partial charge in [-0.05, 0) is 61.9 Å². The van der Waals surface area contributed by atoms with E-state index >= 15 is 4.79 Å². The van der Waals surface area contributed by atoms with Gasteiger partial charge in [0.2, 0.25) is 5.60 Å². The first-order chi connectivity index (χ1) is 28.3. The van der Waals surface area contributed by atoms with Crippen LogP contribution in [-0.4, -0.2) is 134 Å². The Bertz CT molecular complexity index is 2310. The number of nitrogens with one attached hydrogen (secondary N) is 1. The van der Waals surface area contributed by atoms with Crippen molar-refractivity contribution in [2.45, 2.75) is 99.2 Å². The summed E-state index contributed by atoms with van der Waals surface area (Å²) in [6, 6.07) is 11.2. The number of nitrogens with zero attached hydrogens (tertiary/aromatic N) is 3. The molecule has 13 heteroatoms. The fourth-order valence-electron chi connectivity index (χ4n) is 13.9. The van der Waals surface area contributed by atoms with Gasteiger partial charge in [-0.3, -0.25) is 19.4 Å². The number of esters is 3. The number of carbonyl (C=O) groups excluding carboxylic acids is 3. The standard InChI is InChI=1S/C46H56N4O9/c1-8-42-16-12-18-50-20-17-44(37(42)50)30-21-31(34(55-5)22-33(30)48(4)38(44)46(54,41(53)57-7)39(42)58-26(3)51)45(40(52)56-6)23-27-24-49(25-43(9-2)36(27)59-43)19-15-29-28-13-10-11-14-32(28)47-35(29)45/h10-14,16,21-22,27,36-39,47,54H,8-9,15,17-20,23-25H2,1-7H3/t27?,36-,37?,38+,39+,42?,43+,44+,45-,46-/m1/s1. The third-order valence-corrected chi connectivity index (χ3v) is 16.0. The highest BCUT2D eigenvalue weighted by Gasteiger charge is 2.80. The second-order valence-corrected chi connectivity index (χ2v) is 18.3. The molecule has 2 bridgehead atoms. The Kier molecular flexibility index (Phi) is 8.56. The third-order valence-electron chi connectivity index (χ3n) is 16.0. The summed E-state index contributed by atoms with van der Waals surface area (Å²) in [6.45, 7) is 9.32. The lowest BCUT2D eigenvalue weighted by Crippen LogP contribution is -2.81. The molecule has 2 aromatic carbocycles. The number of piperidine rings is 1. The first-order valence-electron chi connectivity index (χ1n) is 21.3. The Balaban J connectivity index is 1.28. The Labute approximate surface area is 344 Å². The molecular formula is C46H56N4O9. The predicted octanol–water partition coefficient (Wildman–Crippen LogP) is 4.01. The summed E-state index contributed by atoms with van der Waals surface area (Å²) < 4.78 is 30.7. The van der Waals surface area contributed by atoms with Crippen LogP contribution in [0.3, 0.4) is 0 Å². The summed E-state index contributed by atoms with van der Waals surface area (Å²) in [5.41, 5.74) is -0.627. The minimum absolute atomic E-state index is 0.00603. The van der Waals surface area contributed by atoms with Crippen LogP contribution in [0.5, 0.6) is 5.75 Å². The zero-order valence-corrected chi connectivity index (χ0v) is 35.1. The fraction of sp³-hybridized carbons (Fsp3) is 0.587. The van der Waals surface area contributed by atoms with Gasteiger partial charge in [0, 0.05) is 96.9 Å². The number of H-pyrrole nitrogens is 1. The van der Waals surface area contributed by atoms with Gasteiger partial charge in [0.05, 0.1) is 33.5 Å². The number of anilines is 1. The average Bonchev–Trinajstić information content (AvgIpc) is 3.53. The molecule has 0 radical (unpaired) electrons. The number of hydrogen-bond acceptors (Lipinski definition) is 12. The molecule has 0 amide bonds. The smallest absolute Gasteiger partial charge is 0.344 e. The van der Waals surface area contributed by atoms with Crippen LogP contribution in [-0.2, 0) is 50.6 Å². The number of likely N-dealkylation sites (N-methyl/N-ethyl adjacent to an activating group) is 1. The SMILES string of the molecule is CCC12C=CCN3CC[C@]4(c5cc([C@]6(C(=O)OC)CC7CN(CCc8c6[nH]c6ccccc86)C[C@]6(CC)O[C@H]76)c(OC)cc5N(C)[C@@H]4[C@](O)(C(=O)OC)[C@H]1OC(C)=O)C32. The number of aromatic nitrogens is 1. The summed E-state index contributed by atoms with van der Waals surface area (Å²) in [7, 11) is 6.23. The van der Waals surface area contributed by atoms with E-state index in [1.54, 1.807) is 7.11 Å².